The first-order valence-electron chi connectivity index (χ1n) is 7.16. The predicted molar refractivity (Wildman–Crippen MR) is 80.9 cm³/mol. The number of aliphatic hydroxyl groups is 1. The molecule has 0 saturated carbocycles. The number of hydrogen-bond acceptors (Lipinski definition) is 9. The van der Waals surface area contributed by atoms with Gasteiger partial charge in [0.1, 0.15) is 42.2 Å². The number of ether oxygens (including phenoxy) is 1. The Morgan fingerprint density at radius 2 is 2.33 bits per heavy atom. The summed E-state index contributed by atoms with van der Waals surface area (Å²) >= 11 is 0. The van der Waals surface area contributed by atoms with Crippen molar-refractivity contribution in [2.75, 3.05) is 19.0 Å². The van der Waals surface area contributed by atoms with Crippen molar-refractivity contribution < 1.29 is 23.5 Å². The van der Waals surface area contributed by atoms with Gasteiger partial charge >= 0.3 is 7.60 Å². The molecule has 5 unspecified atom stereocenters. The minimum atomic E-state index is -3.22. The fraction of sp³-hybridized carbons (Fsp3) is 0.462. The van der Waals surface area contributed by atoms with Gasteiger partial charge in [0.25, 0.3) is 0 Å². The Labute approximate surface area is 136 Å². The van der Waals surface area contributed by atoms with E-state index < -0.39 is 32.1 Å². The number of anilines is 1. The summed E-state index contributed by atoms with van der Waals surface area (Å²) in [4.78, 5) is 8.02. The van der Waals surface area contributed by atoms with Crippen molar-refractivity contribution in [3.8, 4) is 6.07 Å². The quantitative estimate of drug-likeness (QED) is 0.696. The van der Waals surface area contributed by atoms with E-state index in [1.807, 2.05) is 6.07 Å². The number of aromatic nitrogens is 3. The van der Waals surface area contributed by atoms with Crippen LogP contribution < -0.4 is 5.73 Å². The van der Waals surface area contributed by atoms with Gasteiger partial charge in [0.15, 0.2) is 6.23 Å². The van der Waals surface area contributed by atoms with Crippen molar-refractivity contribution in [3.63, 3.8) is 0 Å². The van der Waals surface area contributed by atoms with Gasteiger partial charge in [-0.3, -0.25) is 9.09 Å². The van der Waals surface area contributed by atoms with E-state index in [9.17, 15) is 14.9 Å². The Morgan fingerprint density at radius 3 is 3.08 bits per heavy atom. The van der Waals surface area contributed by atoms with Crippen molar-refractivity contribution in [1.82, 2.24) is 14.5 Å². The van der Waals surface area contributed by atoms with E-state index >= 15 is 0 Å². The number of nitrogens with zero attached hydrogens (tertiary/aromatic N) is 4. The van der Waals surface area contributed by atoms with E-state index in [1.54, 1.807) is 0 Å². The van der Waals surface area contributed by atoms with E-state index in [0.717, 1.165) is 0 Å². The number of nitrogen functional groups attached to an aromatic ring is 1. The van der Waals surface area contributed by atoms with Gasteiger partial charge in [-0.2, -0.15) is 5.26 Å². The lowest BCUT2D eigenvalue weighted by molar-refractivity contribution is -0.0576. The van der Waals surface area contributed by atoms with E-state index in [0.29, 0.717) is 11.0 Å². The molecule has 2 aliphatic rings. The van der Waals surface area contributed by atoms with Gasteiger partial charge in [-0.15, -0.1) is 0 Å². The lowest BCUT2D eigenvalue weighted by Crippen LogP contribution is -2.39. The van der Waals surface area contributed by atoms with Crippen LogP contribution in [0.25, 0.3) is 11.0 Å². The van der Waals surface area contributed by atoms with Crippen LogP contribution in [0.2, 0.25) is 0 Å². The summed E-state index contributed by atoms with van der Waals surface area (Å²) in [6.45, 7) is 1.39. The second kappa shape index (κ2) is 5.24. The summed E-state index contributed by atoms with van der Waals surface area (Å²) in [7, 11) is -3.22. The fourth-order valence-corrected chi connectivity index (χ4v) is 4.24. The monoisotopic (exact) mass is 351 g/mol. The Bertz CT molecular complexity index is 908. The van der Waals surface area contributed by atoms with Crippen LogP contribution in [0.4, 0.5) is 5.82 Å². The second-order valence-electron chi connectivity index (χ2n) is 5.71. The van der Waals surface area contributed by atoms with Crippen molar-refractivity contribution >= 4 is 24.4 Å². The van der Waals surface area contributed by atoms with Crippen LogP contribution in [0, 0.1) is 11.3 Å². The molecule has 24 heavy (non-hydrogen) atoms. The zero-order valence-electron chi connectivity index (χ0n) is 12.6. The summed E-state index contributed by atoms with van der Waals surface area (Å²) < 4.78 is 29.8. The molecule has 0 radical (unpaired) electrons. The van der Waals surface area contributed by atoms with Gasteiger partial charge in [0.2, 0.25) is 0 Å². The SMILES string of the molecule is CP1(=O)OCC2OC(n3cc(C#N)c4c(N)ncnc43)C(O)C2O1. The van der Waals surface area contributed by atoms with Gasteiger partial charge in [-0.1, -0.05) is 0 Å². The Morgan fingerprint density at radius 1 is 1.54 bits per heavy atom. The smallest absolute Gasteiger partial charge is 0.328 e. The van der Waals surface area contributed by atoms with Crippen molar-refractivity contribution in [1.29, 1.82) is 5.26 Å². The number of nitrogens with two attached hydrogens (primary N) is 1. The molecule has 2 aliphatic heterocycles. The molecule has 0 bridgehead atoms. The maximum absolute atomic E-state index is 12.0. The highest BCUT2D eigenvalue weighted by molar-refractivity contribution is 7.53. The number of hydrogen-bond donors (Lipinski definition) is 2. The number of nitriles is 1. The van der Waals surface area contributed by atoms with E-state index in [4.69, 9.17) is 19.5 Å². The third-order valence-electron chi connectivity index (χ3n) is 4.13. The van der Waals surface area contributed by atoms with Crippen LogP contribution in [-0.2, 0) is 18.3 Å². The van der Waals surface area contributed by atoms with Gasteiger partial charge in [0, 0.05) is 12.9 Å². The van der Waals surface area contributed by atoms with Crippen molar-refractivity contribution in [2.45, 2.75) is 24.5 Å². The Balaban J connectivity index is 1.78. The molecule has 2 saturated heterocycles. The first-order chi connectivity index (χ1) is 11.4. The van der Waals surface area contributed by atoms with Gasteiger partial charge in [-0.25, -0.2) is 9.97 Å². The highest BCUT2D eigenvalue weighted by atomic mass is 31.2. The standard InChI is InChI=1S/C13H14N5O5P/c1-24(20)21-4-7-10(23-24)9(19)13(22-7)18-3-6(2-14)8-11(15)16-5-17-12(8)18/h3,5,7,9-10,13,19H,4H2,1H3,(H2,15,16,17). The Hall–Kier alpha value is -2.02. The van der Waals surface area contributed by atoms with Gasteiger partial charge < -0.3 is 24.7 Å². The number of rotatable bonds is 1. The average Bonchev–Trinajstić information content (AvgIpc) is 3.06. The highest BCUT2D eigenvalue weighted by Gasteiger charge is 2.51. The van der Waals surface area contributed by atoms with Crippen molar-refractivity contribution in [3.05, 3.63) is 18.1 Å². The molecule has 2 aromatic rings. The maximum atomic E-state index is 12.0. The molecule has 2 aromatic heterocycles. The van der Waals surface area contributed by atoms with Crippen LogP contribution in [0.5, 0.6) is 0 Å². The molecule has 11 heteroatoms. The molecular formula is C13H14N5O5P. The van der Waals surface area contributed by atoms with Gasteiger partial charge in [-0.05, 0) is 0 Å². The molecule has 126 valence electrons. The molecule has 4 heterocycles. The zero-order valence-corrected chi connectivity index (χ0v) is 13.5. The fourth-order valence-electron chi connectivity index (χ4n) is 3.06. The molecular weight excluding hydrogens is 337 g/mol. The van der Waals surface area contributed by atoms with Gasteiger partial charge in [0.05, 0.1) is 17.6 Å². The van der Waals surface area contributed by atoms with Crippen LogP contribution in [0.3, 0.4) is 0 Å². The molecule has 10 nitrogen and oxygen atoms in total. The summed E-state index contributed by atoms with van der Waals surface area (Å²) in [5, 5.41) is 20.3. The molecule has 0 aliphatic carbocycles. The van der Waals surface area contributed by atoms with E-state index in [1.165, 1.54) is 23.8 Å². The lowest BCUT2D eigenvalue weighted by Gasteiger charge is -2.29. The number of aliphatic hydroxyl groups excluding tert-OH is 1. The minimum absolute atomic E-state index is 0.0490. The predicted octanol–water partition coefficient (Wildman–Crippen LogP) is 0.382. The first kappa shape index (κ1) is 15.5. The second-order valence-corrected chi connectivity index (χ2v) is 7.72. The third-order valence-corrected chi connectivity index (χ3v) is 5.37. The largest absolute Gasteiger partial charge is 0.386 e. The Kier molecular flexibility index (Phi) is 3.38. The molecule has 0 spiro atoms. The molecule has 3 N–H and O–H groups in total. The number of fused-ring (bicyclic) bond motifs is 2. The zero-order chi connectivity index (χ0) is 17.1. The molecule has 4 rings (SSSR count). The first-order valence-corrected chi connectivity index (χ1v) is 9.15. The van der Waals surface area contributed by atoms with Crippen LogP contribution in [0.15, 0.2) is 12.5 Å². The van der Waals surface area contributed by atoms with Crippen molar-refractivity contribution in [2.24, 2.45) is 0 Å². The normalized spacial score (nSPS) is 35.7. The molecule has 0 amide bonds. The summed E-state index contributed by atoms with van der Waals surface area (Å²) in [6, 6.07) is 2.03. The van der Waals surface area contributed by atoms with Crippen LogP contribution >= 0.6 is 7.60 Å². The van der Waals surface area contributed by atoms with E-state index in [2.05, 4.69) is 9.97 Å². The lowest BCUT2D eigenvalue weighted by atomic mass is 10.1. The topological polar surface area (TPSA) is 146 Å². The van der Waals surface area contributed by atoms with E-state index in [-0.39, 0.29) is 18.0 Å². The third kappa shape index (κ3) is 2.22. The van der Waals surface area contributed by atoms with Crippen LogP contribution in [-0.4, -0.2) is 51.2 Å². The van der Waals surface area contributed by atoms with Crippen LogP contribution in [0.1, 0.15) is 11.8 Å². The maximum Gasteiger partial charge on any atom is 0.328 e. The average molecular weight is 351 g/mol. The summed E-state index contributed by atoms with van der Waals surface area (Å²) in [5.74, 6) is 0.165. The molecule has 0 aromatic carbocycles. The minimum Gasteiger partial charge on any atom is -0.386 e. The highest BCUT2D eigenvalue weighted by Crippen LogP contribution is 2.53. The summed E-state index contributed by atoms with van der Waals surface area (Å²) in [6.07, 6.45) is -0.585. The molecule has 2 fully saturated rings. The molecule has 5 atom stereocenters. The summed E-state index contributed by atoms with van der Waals surface area (Å²) in [5.41, 5.74) is 6.47.